The average molecular weight is 330 g/mol. The third-order valence-corrected chi connectivity index (χ3v) is 4.03. The van der Waals surface area contributed by atoms with Gasteiger partial charge in [-0.2, -0.15) is 0 Å². The fourth-order valence-corrected chi connectivity index (χ4v) is 2.78. The number of pyridine rings is 1. The van der Waals surface area contributed by atoms with E-state index in [1.54, 1.807) is 11.0 Å². The molecular formula is C18H22N2O4. The van der Waals surface area contributed by atoms with Gasteiger partial charge in [0.15, 0.2) is 0 Å². The van der Waals surface area contributed by atoms with E-state index in [4.69, 9.17) is 9.47 Å². The highest BCUT2D eigenvalue weighted by atomic mass is 16.5. The predicted octanol–water partition coefficient (Wildman–Crippen LogP) is 1.79. The lowest BCUT2D eigenvalue weighted by molar-refractivity contribution is -0.0725. The van der Waals surface area contributed by atoms with Gasteiger partial charge >= 0.3 is 0 Å². The molecule has 1 unspecified atom stereocenters. The van der Waals surface area contributed by atoms with Gasteiger partial charge in [0.25, 0.3) is 11.5 Å². The molecule has 6 nitrogen and oxygen atoms in total. The van der Waals surface area contributed by atoms with Crippen LogP contribution in [0.15, 0.2) is 35.1 Å². The Morgan fingerprint density at radius 3 is 3.00 bits per heavy atom. The van der Waals surface area contributed by atoms with Crippen LogP contribution < -0.4 is 5.56 Å². The second-order valence-electron chi connectivity index (χ2n) is 6.23. The summed E-state index contributed by atoms with van der Waals surface area (Å²) in [6.07, 6.45) is -0.0485. The quantitative estimate of drug-likeness (QED) is 0.928. The molecule has 0 saturated carbocycles. The zero-order valence-electron chi connectivity index (χ0n) is 14.0. The van der Waals surface area contributed by atoms with Gasteiger partial charge in [0.1, 0.15) is 5.56 Å². The molecule has 1 aromatic heterocycles. The molecule has 1 aliphatic heterocycles. The summed E-state index contributed by atoms with van der Waals surface area (Å²) < 4.78 is 11.2. The Labute approximate surface area is 140 Å². The first-order chi connectivity index (χ1) is 11.5. The predicted molar refractivity (Wildman–Crippen MR) is 91.3 cm³/mol. The molecule has 1 aliphatic rings. The zero-order chi connectivity index (χ0) is 17.1. The van der Waals surface area contributed by atoms with Crippen LogP contribution in [0.2, 0.25) is 0 Å². The zero-order valence-corrected chi connectivity index (χ0v) is 14.0. The molecule has 0 bridgehead atoms. The number of benzene rings is 1. The lowest BCUT2D eigenvalue weighted by Crippen LogP contribution is -2.48. The van der Waals surface area contributed by atoms with Crippen LogP contribution in [-0.4, -0.2) is 54.3 Å². The van der Waals surface area contributed by atoms with Crippen LogP contribution in [0.5, 0.6) is 0 Å². The average Bonchev–Trinajstić information content (AvgIpc) is 2.59. The fraction of sp³-hybridized carbons (Fsp3) is 0.444. The van der Waals surface area contributed by atoms with Crippen LogP contribution in [0.25, 0.3) is 10.9 Å². The smallest absolute Gasteiger partial charge is 0.261 e. The van der Waals surface area contributed by atoms with Crippen LogP contribution in [0, 0.1) is 0 Å². The molecule has 1 amide bonds. The summed E-state index contributed by atoms with van der Waals surface area (Å²) in [6.45, 7) is 5.71. The second kappa shape index (κ2) is 7.15. The highest BCUT2D eigenvalue weighted by Crippen LogP contribution is 2.14. The van der Waals surface area contributed by atoms with E-state index in [2.05, 4.69) is 4.98 Å². The maximum Gasteiger partial charge on any atom is 0.261 e. The normalized spacial score (nSPS) is 18.3. The Hall–Kier alpha value is -2.18. The minimum absolute atomic E-state index is 0.114. The van der Waals surface area contributed by atoms with Crippen molar-refractivity contribution >= 4 is 16.8 Å². The number of fused-ring (bicyclic) bond motifs is 1. The number of morpholine rings is 1. The van der Waals surface area contributed by atoms with Crippen LogP contribution >= 0.6 is 0 Å². The van der Waals surface area contributed by atoms with Gasteiger partial charge in [0.05, 0.1) is 25.4 Å². The van der Waals surface area contributed by atoms with E-state index < -0.39 is 0 Å². The molecule has 128 valence electrons. The lowest BCUT2D eigenvalue weighted by Gasteiger charge is -2.33. The highest BCUT2D eigenvalue weighted by Gasteiger charge is 2.27. The van der Waals surface area contributed by atoms with E-state index in [0.29, 0.717) is 26.3 Å². The molecule has 1 fully saturated rings. The number of aromatic nitrogens is 1. The fourth-order valence-electron chi connectivity index (χ4n) is 2.78. The van der Waals surface area contributed by atoms with E-state index >= 15 is 0 Å². The molecule has 2 heterocycles. The van der Waals surface area contributed by atoms with E-state index in [-0.39, 0.29) is 29.2 Å². The lowest BCUT2D eigenvalue weighted by atomic mass is 10.1. The van der Waals surface area contributed by atoms with Gasteiger partial charge in [-0.3, -0.25) is 9.59 Å². The van der Waals surface area contributed by atoms with Crippen molar-refractivity contribution in [3.63, 3.8) is 0 Å². The Balaban J connectivity index is 1.78. The Morgan fingerprint density at radius 1 is 1.42 bits per heavy atom. The maximum absolute atomic E-state index is 12.8. The third-order valence-electron chi connectivity index (χ3n) is 4.03. The van der Waals surface area contributed by atoms with Crippen molar-refractivity contribution in [1.29, 1.82) is 0 Å². The monoisotopic (exact) mass is 330 g/mol. The summed E-state index contributed by atoms with van der Waals surface area (Å²) in [6, 6.07) is 9.08. The first-order valence-electron chi connectivity index (χ1n) is 8.19. The number of hydrogen-bond donors (Lipinski definition) is 1. The Kier molecular flexibility index (Phi) is 4.97. The molecule has 1 atom stereocenters. The first-order valence-corrected chi connectivity index (χ1v) is 8.19. The van der Waals surface area contributed by atoms with E-state index in [9.17, 15) is 9.59 Å². The summed E-state index contributed by atoms with van der Waals surface area (Å²) in [7, 11) is 0. The van der Waals surface area contributed by atoms with Crippen molar-refractivity contribution in [3.05, 3.63) is 46.2 Å². The van der Waals surface area contributed by atoms with Gasteiger partial charge in [-0.25, -0.2) is 0 Å². The summed E-state index contributed by atoms with van der Waals surface area (Å²) >= 11 is 0. The number of H-pyrrole nitrogens is 1. The van der Waals surface area contributed by atoms with Crippen molar-refractivity contribution in [2.45, 2.75) is 26.1 Å². The van der Waals surface area contributed by atoms with Crippen molar-refractivity contribution in [2.24, 2.45) is 0 Å². The number of rotatable bonds is 4. The molecule has 0 spiro atoms. The number of hydrogen-bond acceptors (Lipinski definition) is 4. The Bertz CT molecular complexity index is 784. The molecule has 1 saturated heterocycles. The summed E-state index contributed by atoms with van der Waals surface area (Å²) in [5, 5.41) is 0.841. The first kappa shape index (κ1) is 16.7. The van der Waals surface area contributed by atoms with Gasteiger partial charge in [0.2, 0.25) is 0 Å². The van der Waals surface area contributed by atoms with Crippen LogP contribution in [-0.2, 0) is 9.47 Å². The SMILES string of the molecule is CC(C)OCC1CN(C(=O)c2cc3ccccc3[nH]c2=O)CCO1. The molecule has 3 rings (SSSR count). The number of carbonyl (C=O) groups is 1. The number of nitrogens with one attached hydrogen (secondary N) is 1. The summed E-state index contributed by atoms with van der Waals surface area (Å²) in [5.41, 5.74) is 0.531. The van der Waals surface area contributed by atoms with Crippen molar-refractivity contribution in [3.8, 4) is 0 Å². The standard InChI is InChI=1S/C18H22N2O4/c1-12(2)24-11-14-10-20(7-8-23-14)18(22)15-9-13-5-3-4-6-16(13)19-17(15)21/h3-6,9,12,14H,7-8,10-11H2,1-2H3,(H,19,21). The summed E-state index contributed by atoms with van der Waals surface area (Å²) in [4.78, 5) is 29.4. The second-order valence-corrected chi connectivity index (χ2v) is 6.23. The topological polar surface area (TPSA) is 71.6 Å². The van der Waals surface area contributed by atoms with Crippen LogP contribution in [0.3, 0.4) is 0 Å². The minimum atomic E-state index is -0.361. The number of para-hydroxylation sites is 1. The van der Waals surface area contributed by atoms with Crippen molar-refractivity contribution < 1.29 is 14.3 Å². The number of aromatic amines is 1. The molecule has 6 heteroatoms. The molecule has 0 radical (unpaired) electrons. The van der Waals surface area contributed by atoms with E-state index in [0.717, 1.165) is 10.9 Å². The third kappa shape index (κ3) is 3.66. The maximum atomic E-state index is 12.8. The van der Waals surface area contributed by atoms with Gasteiger partial charge < -0.3 is 19.4 Å². The number of nitrogens with zero attached hydrogens (tertiary/aromatic N) is 1. The molecule has 1 aromatic carbocycles. The molecule has 2 aromatic rings. The number of carbonyl (C=O) groups excluding carboxylic acids is 1. The minimum Gasteiger partial charge on any atom is -0.376 e. The van der Waals surface area contributed by atoms with Gasteiger partial charge in [-0.1, -0.05) is 18.2 Å². The van der Waals surface area contributed by atoms with Crippen molar-refractivity contribution in [2.75, 3.05) is 26.3 Å². The van der Waals surface area contributed by atoms with Crippen molar-refractivity contribution in [1.82, 2.24) is 9.88 Å². The largest absolute Gasteiger partial charge is 0.376 e. The van der Waals surface area contributed by atoms with Gasteiger partial charge in [0, 0.05) is 18.6 Å². The van der Waals surface area contributed by atoms with Crippen LogP contribution in [0.1, 0.15) is 24.2 Å². The van der Waals surface area contributed by atoms with Gasteiger partial charge in [-0.15, -0.1) is 0 Å². The van der Waals surface area contributed by atoms with E-state index in [1.807, 2.05) is 38.1 Å². The number of ether oxygens (including phenoxy) is 2. The molecule has 24 heavy (non-hydrogen) atoms. The Morgan fingerprint density at radius 2 is 2.21 bits per heavy atom. The van der Waals surface area contributed by atoms with Gasteiger partial charge in [-0.05, 0) is 31.4 Å². The van der Waals surface area contributed by atoms with E-state index in [1.165, 1.54) is 0 Å². The highest BCUT2D eigenvalue weighted by molar-refractivity contribution is 5.97. The van der Waals surface area contributed by atoms with Crippen LogP contribution in [0.4, 0.5) is 0 Å². The molecule has 1 N–H and O–H groups in total. The summed E-state index contributed by atoms with van der Waals surface area (Å²) in [5.74, 6) is -0.264. The number of amides is 1. The molecule has 0 aliphatic carbocycles. The molecular weight excluding hydrogens is 308 g/mol.